The Hall–Kier alpha value is -0.340. The maximum absolute atomic E-state index is 6.14. The lowest BCUT2D eigenvalue weighted by molar-refractivity contribution is 0.667. The molecule has 0 radical (unpaired) electrons. The second-order valence-electron chi connectivity index (χ2n) is 4.31. The maximum Gasteiger partial charge on any atom is 0.0196 e. The van der Waals surface area contributed by atoms with Gasteiger partial charge in [0.25, 0.3) is 0 Å². The Morgan fingerprint density at radius 1 is 1.36 bits per heavy atom. The van der Waals surface area contributed by atoms with Crippen LogP contribution in [0.4, 0.5) is 0 Å². The molecule has 76 valence electrons. The van der Waals surface area contributed by atoms with E-state index in [1.54, 1.807) is 0 Å². The van der Waals surface area contributed by atoms with Gasteiger partial charge in [0.05, 0.1) is 0 Å². The van der Waals surface area contributed by atoms with Crippen molar-refractivity contribution in [3.8, 4) is 0 Å². The largest absolute Gasteiger partial charge is 0.325 e. The first-order chi connectivity index (χ1) is 6.63. The van der Waals surface area contributed by atoms with E-state index in [0.29, 0.717) is 0 Å². The summed E-state index contributed by atoms with van der Waals surface area (Å²) in [5.41, 5.74) is 9.11. The zero-order valence-corrected chi connectivity index (χ0v) is 10.1. The van der Waals surface area contributed by atoms with Crippen molar-refractivity contribution in [3.63, 3.8) is 0 Å². The van der Waals surface area contributed by atoms with Crippen molar-refractivity contribution in [2.75, 3.05) is 0 Å². The predicted octanol–water partition coefficient (Wildman–Crippen LogP) is 3.05. The number of halogens is 1. The topological polar surface area (TPSA) is 26.0 Å². The Balaban J connectivity index is 2.25. The van der Waals surface area contributed by atoms with Crippen LogP contribution in [0.5, 0.6) is 0 Å². The van der Waals surface area contributed by atoms with E-state index < -0.39 is 0 Å². The van der Waals surface area contributed by atoms with Crippen LogP contribution in [0, 0.1) is 0 Å². The number of rotatable bonds is 3. The Bertz CT molecular complexity index is 342. The van der Waals surface area contributed by atoms with Crippen LogP contribution in [0.1, 0.15) is 30.9 Å². The highest BCUT2D eigenvalue weighted by Gasteiger charge is 2.38. The van der Waals surface area contributed by atoms with Gasteiger partial charge in [-0.25, -0.2) is 0 Å². The fourth-order valence-electron chi connectivity index (χ4n) is 1.82. The molecule has 1 saturated carbocycles. The molecule has 1 aliphatic rings. The van der Waals surface area contributed by atoms with Gasteiger partial charge in [-0.15, -0.1) is 0 Å². The molecule has 1 aromatic rings. The van der Waals surface area contributed by atoms with Gasteiger partial charge in [0, 0.05) is 10.0 Å². The van der Waals surface area contributed by atoms with E-state index in [9.17, 15) is 0 Å². The molecule has 1 aromatic carbocycles. The van der Waals surface area contributed by atoms with Crippen molar-refractivity contribution in [1.82, 2.24) is 0 Å². The average molecular weight is 254 g/mol. The minimum absolute atomic E-state index is 0.116. The lowest BCUT2D eigenvalue weighted by Crippen LogP contribution is -2.25. The third-order valence-corrected chi connectivity index (χ3v) is 3.48. The summed E-state index contributed by atoms with van der Waals surface area (Å²) < 4.78 is 1.16. The number of aryl methyl sites for hydroxylation is 1. The first-order valence-electron chi connectivity index (χ1n) is 5.19. The van der Waals surface area contributed by atoms with Crippen molar-refractivity contribution in [2.24, 2.45) is 5.73 Å². The van der Waals surface area contributed by atoms with E-state index in [1.807, 2.05) is 0 Å². The minimum atomic E-state index is 0.116. The van der Waals surface area contributed by atoms with Gasteiger partial charge >= 0.3 is 0 Å². The van der Waals surface area contributed by atoms with Crippen LogP contribution in [-0.4, -0.2) is 5.54 Å². The molecule has 0 aromatic heterocycles. The molecule has 1 fully saturated rings. The molecule has 0 bridgehead atoms. The van der Waals surface area contributed by atoms with Crippen LogP contribution in [0.25, 0.3) is 0 Å². The molecule has 14 heavy (non-hydrogen) atoms. The molecule has 0 heterocycles. The van der Waals surface area contributed by atoms with Gasteiger partial charge in [-0.3, -0.25) is 0 Å². The van der Waals surface area contributed by atoms with E-state index >= 15 is 0 Å². The van der Waals surface area contributed by atoms with E-state index in [0.717, 1.165) is 17.3 Å². The fourth-order valence-corrected chi connectivity index (χ4v) is 2.23. The molecule has 2 N–H and O–H groups in total. The summed E-state index contributed by atoms with van der Waals surface area (Å²) in [6.45, 7) is 2.20. The van der Waals surface area contributed by atoms with Crippen LogP contribution in [-0.2, 0) is 12.8 Å². The fraction of sp³-hybridized carbons (Fsp3) is 0.500. The second kappa shape index (κ2) is 3.67. The molecule has 0 saturated heterocycles. The average Bonchev–Trinajstić information content (AvgIpc) is 2.84. The zero-order chi connectivity index (χ0) is 10.2. The molecule has 0 atom stereocenters. The zero-order valence-electron chi connectivity index (χ0n) is 8.52. The summed E-state index contributed by atoms with van der Waals surface area (Å²) in [5.74, 6) is 0. The standard InChI is InChI=1S/C12H16BrN/c1-2-9-3-4-11(13)7-10(9)8-12(14)5-6-12/h3-4,7H,2,5-6,8,14H2,1H3. The highest BCUT2D eigenvalue weighted by molar-refractivity contribution is 9.10. The molecular weight excluding hydrogens is 238 g/mol. The van der Waals surface area contributed by atoms with Gasteiger partial charge in [0.1, 0.15) is 0 Å². The van der Waals surface area contributed by atoms with E-state index in [4.69, 9.17) is 5.73 Å². The van der Waals surface area contributed by atoms with Crippen molar-refractivity contribution in [3.05, 3.63) is 33.8 Å². The van der Waals surface area contributed by atoms with Crippen LogP contribution >= 0.6 is 15.9 Å². The Kier molecular flexibility index (Phi) is 2.67. The smallest absolute Gasteiger partial charge is 0.0196 e. The molecule has 1 aliphatic carbocycles. The van der Waals surface area contributed by atoms with E-state index in [1.165, 1.54) is 24.0 Å². The Morgan fingerprint density at radius 2 is 2.07 bits per heavy atom. The normalized spacial score (nSPS) is 18.2. The van der Waals surface area contributed by atoms with Gasteiger partial charge in [0.2, 0.25) is 0 Å². The molecule has 2 heteroatoms. The Labute approximate surface area is 93.8 Å². The van der Waals surface area contributed by atoms with Crippen molar-refractivity contribution in [1.29, 1.82) is 0 Å². The number of nitrogens with two attached hydrogens (primary N) is 1. The first-order valence-corrected chi connectivity index (χ1v) is 5.98. The van der Waals surface area contributed by atoms with Crippen LogP contribution in [0.2, 0.25) is 0 Å². The van der Waals surface area contributed by atoms with Gasteiger partial charge in [-0.1, -0.05) is 28.9 Å². The molecule has 0 spiro atoms. The van der Waals surface area contributed by atoms with E-state index in [2.05, 4.69) is 41.1 Å². The lowest BCUT2D eigenvalue weighted by Gasteiger charge is -2.12. The number of benzene rings is 1. The predicted molar refractivity (Wildman–Crippen MR) is 63.4 cm³/mol. The summed E-state index contributed by atoms with van der Waals surface area (Å²) in [5, 5.41) is 0. The summed E-state index contributed by atoms with van der Waals surface area (Å²) in [6.07, 6.45) is 4.50. The third-order valence-electron chi connectivity index (χ3n) is 2.98. The monoisotopic (exact) mass is 253 g/mol. The minimum Gasteiger partial charge on any atom is -0.325 e. The molecule has 1 nitrogen and oxygen atoms in total. The molecule has 2 rings (SSSR count). The van der Waals surface area contributed by atoms with Crippen LogP contribution in [0.3, 0.4) is 0 Å². The molecule has 0 unspecified atom stereocenters. The highest BCUT2D eigenvalue weighted by atomic mass is 79.9. The molecule has 0 amide bonds. The van der Waals surface area contributed by atoms with Crippen LogP contribution < -0.4 is 5.73 Å². The lowest BCUT2D eigenvalue weighted by atomic mass is 9.98. The molecule has 0 aliphatic heterocycles. The number of hydrogen-bond donors (Lipinski definition) is 1. The van der Waals surface area contributed by atoms with Gasteiger partial charge in [0.15, 0.2) is 0 Å². The van der Waals surface area contributed by atoms with Gasteiger partial charge in [-0.05, 0) is 48.9 Å². The van der Waals surface area contributed by atoms with Crippen LogP contribution in [0.15, 0.2) is 22.7 Å². The van der Waals surface area contributed by atoms with Gasteiger partial charge < -0.3 is 5.73 Å². The summed E-state index contributed by atoms with van der Waals surface area (Å²) >= 11 is 3.51. The van der Waals surface area contributed by atoms with Gasteiger partial charge in [-0.2, -0.15) is 0 Å². The highest BCUT2D eigenvalue weighted by Crippen LogP contribution is 2.36. The summed E-state index contributed by atoms with van der Waals surface area (Å²) in [6, 6.07) is 6.52. The van der Waals surface area contributed by atoms with E-state index in [-0.39, 0.29) is 5.54 Å². The van der Waals surface area contributed by atoms with Crippen molar-refractivity contribution >= 4 is 15.9 Å². The molecular formula is C12H16BrN. The maximum atomic E-state index is 6.14. The summed E-state index contributed by atoms with van der Waals surface area (Å²) in [7, 11) is 0. The Morgan fingerprint density at radius 3 is 2.64 bits per heavy atom. The number of hydrogen-bond acceptors (Lipinski definition) is 1. The third kappa shape index (κ3) is 2.18. The second-order valence-corrected chi connectivity index (χ2v) is 5.22. The quantitative estimate of drug-likeness (QED) is 0.881. The van der Waals surface area contributed by atoms with Crippen molar-refractivity contribution < 1.29 is 0 Å². The van der Waals surface area contributed by atoms with Crippen molar-refractivity contribution in [2.45, 2.75) is 38.1 Å². The first kappa shape index (κ1) is 10.2. The SMILES string of the molecule is CCc1ccc(Br)cc1CC1(N)CC1. The summed E-state index contributed by atoms with van der Waals surface area (Å²) in [4.78, 5) is 0.